The van der Waals surface area contributed by atoms with Crippen molar-refractivity contribution in [1.29, 1.82) is 0 Å². The topological polar surface area (TPSA) is 44.8 Å². The molecule has 128 valence electrons. The van der Waals surface area contributed by atoms with Gasteiger partial charge in [-0.15, -0.1) is 0 Å². The summed E-state index contributed by atoms with van der Waals surface area (Å²) < 4.78 is 16.1. The van der Waals surface area contributed by atoms with Gasteiger partial charge in [0.05, 0.1) is 14.2 Å². The van der Waals surface area contributed by atoms with E-state index in [1.165, 1.54) is 6.08 Å². The van der Waals surface area contributed by atoms with E-state index in [1.54, 1.807) is 56.7 Å². The van der Waals surface area contributed by atoms with Crippen molar-refractivity contribution >= 4 is 29.5 Å². The molecule has 3 rings (SSSR count). The molecule has 2 aromatic rings. The lowest BCUT2D eigenvalue weighted by atomic mass is 10.0. The number of hydrogen-bond acceptors (Lipinski definition) is 4. The van der Waals surface area contributed by atoms with E-state index in [0.717, 1.165) is 16.9 Å². The number of carbonyl (C=O) groups excluding carboxylic acids is 1. The van der Waals surface area contributed by atoms with Gasteiger partial charge in [0.25, 0.3) is 0 Å². The normalized spacial score (nSPS) is 13.0. The van der Waals surface area contributed by atoms with Crippen LogP contribution in [0.1, 0.15) is 11.1 Å². The fourth-order valence-corrected chi connectivity index (χ4v) is 2.71. The van der Waals surface area contributed by atoms with Gasteiger partial charge in [-0.25, -0.2) is 0 Å². The largest absolute Gasteiger partial charge is 0.497 e. The van der Waals surface area contributed by atoms with Crippen LogP contribution < -0.4 is 14.2 Å². The van der Waals surface area contributed by atoms with E-state index < -0.39 is 0 Å². The molecule has 0 spiro atoms. The zero-order valence-corrected chi connectivity index (χ0v) is 14.7. The molecule has 4 nitrogen and oxygen atoms in total. The van der Waals surface area contributed by atoms with Gasteiger partial charge in [-0.05, 0) is 54.6 Å². The molecule has 0 saturated carbocycles. The number of methoxy groups -OCH3 is 2. The molecule has 5 heteroatoms. The van der Waals surface area contributed by atoms with E-state index in [4.69, 9.17) is 25.8 Å². The molecule has 0 N–H and O–H groups in total. The Morgan fingerprint density at radius 3 is 2.76 bits per heavy atom. The van der Waals surface area contributed by atoms with Crippen LogP contribution in [-0.2, 0) is 4.79 Å². The van der Waals surface area contributed by atoms with Crippen LogP contribution in [0.25, 0.3) is 12.2 Å². The second-order valence-electron chi connectivity index (χ2n) is 5.45. The molecule has 2 aromatic carbocycles. The van der Waals surface area contributed by atoms with Crippen LogP contribution in [0.15, 0.2) is 48.0 Å². The Balaban J connectivity index is 1.84. The smallest absolute Gasteiger partial charge is 0.185 e. The number of ether oxygens (including phenoxy) is 3. The Bertz CT molecular complexity index is 868. The first-order valence-corrected chi connectivity index (χ1v) is 8.06. The van der Waals surface area contributed by atoms with Gasteiger partial charge in [0, 0.05) is 21.7 Å². The van der Waals surface area contributed by atoms with Crippen LogP contribution in [-0.4, -0.2) is 26.6 Å². The third-order valence-corrected chi connectivity index (χ3v) is 4.09. The number of benzene rings is 2. The first kappa shape index (κ1) is 17.1. The first-order chi connectivity index (χ1) is 12.1. The highest BCUT2D eigenvalue weighted by Gasteiger charge is 2.16. The van der Waals surface area contributed by atoms with Gasteiger partial charge in [0.15, 0.2) is 5.78 Å². The van der Waals surface area contributed by atoms with Crippen LogP contribution in [0.5, 0.6) is 17.2 Å². The summed E-state index contributed by atoms with van der Waals surface area (Å²) in [4.78, 5) is 12.5. The van der Waals surface area contributed by atoms with Gasteiger partial charge in [-0.3, -0.25) is 4.79 Å². The van der Waals surface area contributed by atoms with Crippen LogP contribution in [0.4, 0.5) is 0 Å². The van der Waals surface area contributed by atoms with Crippen molar-refractivity contribution in [3.05, 3.63) is 64.2 Å². The fraction of sp³-hybridized carbons (Fsp3) is 0.150. The minimum absolute atomic E-state index is 0.129. The Morgan fingerprint density at radius 2 is 2.00 bits per heavy atom. The number of halogens is 1. The molecule has 1 aliphatic heterocycles. The lowest BCUT2D eigenvalue weighted by Crippen LogP contribution is -2.13. The molecule has 0 saturated heterocycles. The van der Waals surface area contributed by atoms with Gasteiger partial charge in [-0.2, -0.15) is 0 Å². The zero-order chi connectivity index (χ0) is 17.8. The van der Waals surface area contributed by atoms with E-state index in [-0.39, 0.29) is 12.4 Å². The minimum Gasteiger partial charge on any atom is -0.497 e. The first-order valence-electron chi connectivity index (χ1n) is 7.68. The molecule has 0 bridgehead atoms. The van der Waals surface area contributed by atoms with E-state index in [2.05, 4.69) is 0 Å². The van der Waals surface area contributed by atoms with Crippen molar-refractivity contribution < 1.29 is 19.0 Å². The quantitative estimate of drug-likeness (QED) is 0.744. The third kappa shape index (κ3) is 3.86. The number of fused-ring (bicyclic) bond motifs is 1. The van der Waals surface area contributed by atoms with Crippen LogP contribution in [0.2, 0.25) is 5.02 Å². The Hall–Kier alpha value is -2.72. The summed E-state index contributed by atoms with van der Waals surface area (Å²) in [5.74, 6) is 1.95. The monoisotopic (exact) mass is 356 g/mol. The minimum atomic E-state index is -0.129. The number of rotatable bonds is 5. The van der Waals surface area contributed by atoms with Crippen molar-refractivity contribution in [3.8, 4) is 17.2 Å². The number of allylic oxidation sites excluding steroid dienone is 1. The number of ketones is 1. The van der Waals surface area contributed by atoms with Crippen molar-refractivity contribution in [1.82, 2.24) is 0 Å². The Morgan fingerprint density at radius 1 is 1.16 bits per heavy atom. The second kappa shape index (κ2) is 7.45. The molecular weight excluding hydrogens is 340 g/mol. The van der Waals surface area contributed by atoms with Crippen LogP contribution >= 0.6 is 11.6 Å². The van der Waals surface area contributed by atoms with E-state index in [0.29, 0.717) is 22.1 Å². The lowest BCUT2D eigenvalue weighted by molar-refractivity contribution is -0.111. The van der Waals surface area contributed by atoms with Crippen molar-refractivity contribution in [3.63, 3.8) is 0 Å². The SMILES string of the molecule is COc1ccc(OC)c(/C=C/C(=O)C2=Cc3cc(Cl)ccc3OC2)c1. The molecule has 0 unspecified atom stereocenters. The molecule has 1 heterocycles. The number of hydrogen-bond donors (Lipinski definition) is 0. The average molecular weight is 357 g/mol. The third-order valence-electron chi connectivity index (χ3n) is 3.85. The van der Waals surface area contributed by atoms with Gasteiger partial charge in [0.2, 0.25) is 0 Å². The molecule has 25 heavy (non-hydrogen) atoms. The molecule has 1 aliphatic rings. The summed E-state index contributed by atoms with van der Waals surface area (Å²) in [7, 11) is 3.17. The van der Waals surface area contributed by atoms with Gasteiger partial charge >= 0.3 is 0 Å². The average Bonchev–Trinajstić information content (AvgIpc) is 2.65. The van der Waals surface area contributed by atoms with E-state index >= 15 is 0 Å². The molecular formula is C20H17ClO4. The lowest BCUT2D eigenvalue weighted by Gasteiger charge is -2.16. The fourth-order valence-electron chi connectivity index (χ4n) is 2.53. The van der Waals surface area contributed by atoms with Crippen molar-refractivity contribution in [2.24, 2.45) is 0 Å². The summed E-state index contributed by atoms with van der Waals surface area (Å²) in [5, 5.41) is 0.601. The summed E-state index contributed by atoms with van der Waals surface area (Å²) in [6.07, 6.45) is 5.01. The van der Waals surface area contributed by atoms with Crippen molar-refractivity contribution in [2.75, 3.05) is 20.8 Å². The highest BCUT2D eigenvalue weighted by molar-refractivity contribution is 6.30. The van der Waals surface area contributed by atoms with Gasteiger partial charge < -0.3 is 14.2 Å². The zero-order valence-electron chi connectivity index (χ0n) is 13.9. The Labute approximate surface area is 151 Å². The van der Waals surface area contributed by atoms with Gasteiger partial charge in [0.1, 0.15) is 23.9 Å². The highest BCUT2D eigenvalue weighted by atomic mass is 35.5. The van der Waals surface area contributed by atoms with E-state index in [1.807, 2.05) is 6.07 Å². The molecule has 0 radical (unpaired) electrons. The maximum atomic E-state index is 12.5. The maximum absolute atomic E-state index is 12.5. The summed E-state index contributed by atoms with van der Waals surface area (Å²) >= 11 is 6.00. The maximum Gasteiger partial charge on any atom is 0.185 e. The standard InChI is InChI=1S/C20H17ClO4/c1-23-17-5-8-19(24-2)13(11-17)3-6-18(22)15-9-14-10-16(21)4-7-20(14)25-12-15/h3-11H,12H2,1-2H3/b6-3+. The highest BCUT2D eigenvalue weighted by Crippen LogP contribution is 2.30. The molecule has 0 aromatic heterocycles. The van der Waals surface area contributed by atoms with E-state index in [9.17, 15) is 4.79 Å². The Kier molecular flexibility index (Phi) is 5.10. The molecule has 0 aliphatic carbocycles. The van der Waals surface area contributed by atoms with Gasteiger partial charge in [-0.1, -0.05) is 11.6 Å². The molecule has 0 amide bonds. The molecule has 0 atom stereocenters. The number of carbonyl (C=O) groups is 1. The summed E-state index contributed by atoms with van der Waals surface area (Å²) in [6, 6.07) is 10.7. The van der Waals surface area contributed by atoms with Crippen LogP contribution in [0.3, 0.4) is 0 Å². The predicted octanol–water partition coefficient (Wildman–Crippen LogP) is 4.42. The second-order valence-corrected chi connectivity index (χ2v) is 5.88. The summed E-state index contributed by atoms with van der Waals surface area (Å²) in [5.41, 5.74) is 2.12. The van der Waals surface area contributed by atoms with Crippen LogP contribution in [0, 0.1) is 0 Å². The van der Waals surface area contributed by atoms with Crippen molar-refractivity contribution in [2.45, 2.75) is 0 Å². The summed E-state index contributed by atoms with van der Waals surface area (Å²) in [6.45, 7) is 0.229. The molecule has 0 fully saturated rings. The predicted molar refractivity (Wildman–Crippen MR) is 98.5 cm³/mol.